The lowest BCUT2D eigenvalue weighted by Crippen LogP contribution is -2.61. The lowest BCUT2D eigenvalue weighted by Gasteiger charge is -2.68. The van der Waals surface area contributed by atoms with Crippen LogP contribution in [0.15, 0.2) is 97.3 Å². The van der Waals surface area contributed by atoms with Crippen molar-refractivity contribution < 1.29 is 19.8 Å². The van der Waals surface area contributed by atoms with Gasteiger partial charge in [-0.3, -0.25) is 9.88 Å². The van der Waals surface area contributed by atoms with Crippen molar-refractivity contribution in [1.82, 2.24) is 14.9 Å². The molecule has 4 N–H and O–H groups in total. The second kappa shape index (κ2) is 17.6. The van der Waals surface area contributed by atoms with Gasteiger partial charge in [0.25, 0.3) is 0 Å². The monoisotopic (exact) mass is 964 g/mol. The zero-order valence-corrected chi connectivity index (χ0v) is 40.8. The van der Waals surface area contributed by atoms with Crippen LogP contribution in [0.5, 0.6) is 0 Å². The van der Waals surface area contributed by atoms with Crippen LogP contribution in [-0.4, -0.2) is 63.2 Å². The number of hydrogen-bond donors (Lipinski definition) is 4. The summed E-state index contributed by atoms with van der Waals surface area (Å²) in [6.07, 6.45) is 18.8. The molecule has 9 aliphatic rings. The Hall–Kier alpha value is -5.16. The van der Waals surface area contributed by atoms with E-state index in [1.165, 1.54) is 75.3 Å². The smallest absolute Gasteiger partial charge is 0.339 e. The van der Waals surface area contributed by atoms with Crippen molar-refractivity contribution >= 4 is 63.7 Å². The first-order valence-corrected chi connectivity index (χ1v) is 26.2. The van der Waals surface area contributed by atoms with Gasteiger partial charge in [-0.25, -0.2) is 14.6 Å². The number of carboxylic acid groups (broad SMARTS) is 2. The molecule has 10 nitrogen and oxygen atoms in total. The molecular formula is C57H62Cl2N6O4. The fraction of sp³-hybridized carbons (Fsp3) is 0.474. The van der Waals surface area contributed by atoms with E-state index in [9.17, 15) is 19.8 Å². The summed E-state index contributed by atoms with van der Waals surface area (Å²) in [5.74, 6) is 4.85. The normalized spacial score (nSPS) is 32.0. The minimum Gasteiger partial charge on any atom is -0.478 e. The van der Waals surface area contributed by atoms with Crippen LogP contribution < -0.4 is 15.5 Å². The first-order chi connectivity index (χ1) is 33.4. The van der Waals surface area contributed by atoms with Crippen LogP contribution >= 0.6 is 23.2 Å². The Morgan fingerprint density at radius 2 is 1.30 bits per heavy atom. The Labute approximate surface area is 415 Å². The number of benzene rings is 3. The number of nitrogens with one attached hydrogen (secondary N) is 2. The van der Waals surface area contributed by atoms with Gasteiger partial charge >= 0.3 is 11.9 Å². The van der Waals surface area contributed by atoms with Gasteiger partial charge in [-0.1, -0.05) is 35.3 Å². The lowest BCUT2D eigenvalue weighted by atomic mass is 9.37. The van der Waals surface area contributed by atoms with E-state index in [1.54, 1.807) is 36.7 Å². The number of aromatic carboxylic acids is 2. The molecule has 8 bridgehead atoms. The van der Waals surface area contributed by atoms with Crippen LogP contribution in [0.25, 0.3) is 0 Å². The Bertz CT molecular complexity index is 2770. The molecule has 14 rings (SSSR count). The number of anilines is 5. The number of fused-ring (bicyclic) bond motifs is 1. The van der Waals surface area contributed by atoms with E-state index < -0.39 is 11.9 Å². The fourth-order valence-corrected chi connectivity index (χ4v) is 16.9. The van der Waals surface area contributed by atoms with Gasteiger partial charge in [0.2, 0.25) is 0 Å². The van der Waals surface area contributed by atoms with Crippen LogP contribution in [0.2, 0.25) is 10.0 Å². The average Bonchev–Trinajstić information content (AvgIpc) is 3.33. The second-order valence-electron chi connectivity index (χ2n) is 22.5. The van der Waals surface area contributed by atoms with Crippen molar-refractivity contribution in [3.8, 4) is 0 Å². The maximum absolute atomic E-state index is 11.8. The SMILES string of the molecule is CN(c1ccc(Nc2ncccc2C(=O)O)cc1)c1ccc(C23CC4CC(C2)C(C2C5CC6CC2CC(c2ccc(NC7CCCN(Cc8ncccc8C(=O)O)C7)c(Cl)c2)(C6)C5)C(C4)C3)cc1Cl. The van der Waals surface area contributed by atoms with Gasteiger partial charge in [0.1, 0.15) is 11.4 Å². The molecule has 12 heteroatoms. The number of aromatic nitrogens is 2. The predicted molar refractivity (Wildman–Crippen MR) is 272 cm³/mol. The van der Waals surface area contributed by atoms with Crippen LogP contribution in [0, 0.1) is 47.3 Å². The number of likely N-dealkylation sites (tertiary alicyclic amines) is 1. The third kappa shape index (κ3) is 8.16. The van der Waals surface area contributed by atoms with E-state index in [4.69, 9.17) is 23.2 Å². The largest absolute Gasteiger partial charge is 0.478 e. The Balaban J connectivity index is 0.709. The second-order valence-corrected chi connectivity index (χ2v) is 23.3. The van der Waals surface area contributed by atoms with Crippen LogP contribution in [-0.2, 0) is 17.4 Å². The molecule has 1 saturated heterocycles. The van der Waals surface area contributed by atoms with Gasteiger partial charge in [-0.15, -0.1) is 0 Å². The van der Waals surface area contributed by atoms with E-state index in [0.717, 1.165) is 106 Å². The molecule has 5 atom stereocenters. The highest BCUT2D eigenvalue weighted by molar-refractivity contribution is 6.33. The van der Waals surface area contributed by atoms with Crippen LogP contribution in [0.1, 0.15) is 115 Å². The zero-order chi connectivity index (χ0) is 47.2. The van der Waals surface area contributed by atoms with Crippen LogP contribution in [0.3, 0.4) is 0 Å². The molecule has 8 aliphatic carbocycles. The van der Waals surface area contributed by atoms with Gasteiger partial charge in [-0.05, 0) is 226 Å². The lowest BCUT2D eigenvalue weighted by molar-refractivity contribution is -0.151. The number of rotatable bonds is 13. The molecule has 0 amide bonds. The minimum absolute atomic E-state index is 0.129. The molecular weight excluding hydrogens is 904 g/mol. The van der Waals surface area contributed by atoms with Crippen molar-refractivity contribution in [3.05, 3.63) is 135 Å². The summed E-state index contributed by atoms with van der Waals surface area (Å²) in [4.78, 5) is 36.7. The molecule has 9 fully saturated rings. The molecule has 0 radical (unpaired) electrons. The first-order valence-electron chi connectivity index (χ1n) is 25.5. The molecule has 358 valence electrons. The topological polar surface area (TPSA) is 131 Å². The number of halogens is 2. The molecule has 3 heterocycles. The number of pyridine rings is 2. The Kier molecular flexibility index (Phi) is 11.5. The quantitative estimate of drug-likeness (QED) is 0.0905. The highest BCUT2D eigenvalue weighted by atomic mass is 35.5. The maximum Gasteiger partial charge on any atom is 0.339 e. The zero-order valence-electron chi connectivity index (χ0n) is 39.3. The fourth-order valence-electron chi connectivity index (χ4n) is 16.4. The molecule has 2 aromatic heterocycles. The van der Waals surface area contributed by atoms with E-state index in [1.807, 2.05) is 24.3 Å². The number of hydrogen-bond acceptors (Lipinski definition) is 8. The third-order valence-electron chi connectivity index (χ3n) is 18.6. The summed E-state index contributed by atoms with van der Waals surface area (Å²) in [6, 6.07) is 28.5. The van der Waals surface area contributed by atoms with E-state index in [0.29, 0.717) is 18.1 Å². The summed E-state index contributed by atoms with van der Waals surface area (Å²) in [6.45, 7) is 2.27. The van der Waals surface area contributed by atoms with Crippen LogP contribution in [0.4, 0.5) is 28.6 Å². The molecule has 5 aromatic rings. The average molecular weight is 966 g/mol. The predicted octanol–water partition coefficient (Wildman–Crippen LogP) is 12.9. The summed E-state index contributed by atoms with van der Waals surface area (Å²) < 4.78 is 0. The summed E-state index contributed by atoms with van der Waals surface area (Å²) in [7, 11) is 2.05. The number of nitrogens with zero attached hydrogens (tertiary/aromatic N) is 4. The van der Waals surface area contributed by atoms with Gasteiger partial charge in [0.05, 0.1) is 32.7 Å². The minimum atomic E-state index is -1.02. The third-order valence-corrected chi connectivity index (χ3v) is 19.2. The van der Waals surface area contributed by atoms with Gasteiger partial charge in [0.15, 0.2) is 0 Å². The molecule has 0 spiro atoms. The highest BCUT2D eigenvalue weighted by Crippen LogP contribution is 2.71. The first kappa shape index (κ1) is 45.0. The van der Waals surface area contributed by atoms with Crippen molar-refractivity contribution in [2.75, 3.05) is 35.7 Å². The number of carbonyl (C=O) groups is 2. The van der Waals surface area contributed by atoms with Crippen molar-refractivity contribution in [1.29, 1.82) is 0 Å². The van der Waals surface area contributed by atoms with Crippen molar-refractivity contribution in [3.63, 3.8) is 0 Å². The van der Waals surface area contributed by atoms with Gasteiger partial charge in [0, 0.05) is 49.9 Å². The Morgan fingerprint density at radius 1 is 0.725 bits per heavy atom. The molecule has 1 aliphatic heterocycles. The molecule has 3 aromatic carbocycles. The standard InChI is InChI=1S/C57H62Cl2N6O4/c1-64(43-12-10-41(11-13-43)63-53-45(55(68)69)7-3-17-61-53)50-15-9-40(24-47(50)59)57-26-34-21-37(29-57)52(38(22-34)30-57)51-35-19-33-20-36(51)28-56(25-33,27-35)39-8-14-48(46(58)23-39)62-42-5-4-18-65(31-42)32-49-44(54(66)67)6-2-16-60-49/h2-3,6-17,23-24,33-38,42,51-52,62H,4-5,18-22,25-32H2,1H3,(H,61,63)(H,66,67)(H,68,69). The molecule has 5 unspecified atom stereocenters. The van der Waals surface area contributed by atoms with Crippen molar-refractivity contribution in [2.24, 2.45) is 47.3 Å². The Morgan fingerprint density at radius 3 is 1.90 bits per heavy atom. The summed E-state index contributed by atoms with van der Waals surface area (Å²) in [5.41, 5.74) is 8.08. The maximum atomic E-state index is 11.8. The number of carboxylic acids is 2. The summed E-state index contributed by atoms with van der Waals surface area (Å²) in [5, 5.41) is 27.9. The highest BCUT2D eigenvalue weighted by Gasteiger charge is 2.63. The molecule has 8 saturated carbocycles. The van der Waals surface area contributed by atoms with E-state index in [-0.39, 0.29) is 28.0 Å². The molecule has 69 heavy (non-hydrogen) atoms. The summed E-state index contributed by atoms with van der Waals surface area (Å²) >= 11 is 14.5. The van der Waals surface area contributed by atoms with E-state index >= 15 is 0 Å². The van der Waals surface area contributed by atoms with E-state index in [2.05, 4.69) is 73.8 Å². The van der Waals surface area contributed by atoms with Crippen molar-refractivity contribution in [2.45, 2.75) is 100 Å². The van der Waals surface area contributed by atoms with Gasteiger partial charge < -0.3 is 25.7 Å². The number of piperidine rings is 1. The van der Waals surface area contributed by atoms with Gasteiger partial charge in [-0.2, -0.15) is 0 Å².